The predicted molar refractivity (Wildman–Crippen MR) is 112 cm³/mol. The van der Waals surface area contributed by atoms with Crippen LogP contribution < -0.4 is 10.6 Å². The largest absolute Gasteiger partial charge is 0.467 e. The van der Waals surface area contributed by atoms with Gasteiger partial charge in [-0.3, -0.25) is 4.79 Å². The van der Waals surface area contributed by atoms with Crippen LogP contribution in [-0.4, -0.2) is 43.3 Å². The number of esters is 1. The van der Waals surface area contributed by atoms with Crippen molar-refractivity contribution in [3.8, 4) is 11.1 Å². The number of nitrogens with one attached hydrogen (secondary N) is 2. The molecule has 0 aromatic heterocycles. The lowest BCUT2D eigenvalue weighted by molar-refractivity contribution is -0.145. The molecule has 1 aliphatic rings. The van der Waals surface area contributed by atoms with Gasteiger partial charge in [0.15, 0.2) is 0 Å². The van der Waals surface area contributed by atoms with Crippen molar-refractivity contribution in [2.24, 2.45) is 0 Å². The Labute approximate surface area is 175 Å². The van der Waals surface area contributed by atoms with Crippen LogP contribution in [0.15, 0.2) is 48.5 Å². The number of carbonyl (C=O) groups excluding carboxylic acids is 3. The summed E-state index contributed by atoms with van der Waals surface area (Å²) < 4.78 is 10.1. The van der Waals surface area contributed by atoms with Crippen LogP contribution in [0.3, 0.4) is 0 Å². The van der Waals surface area contributed by atoms with Crippen LogP contribution in [0.5, 0.6) is 0 Å². The first-order chi connectivity index (χ1) is 14.2. The summed E-state index contributed by atoms with van der Waals surface area (Å²) in [6, 6.07) is 15.3. The number of carbonyl (C=O) groups is 3. The first-order valence-corrected chi connectivity index (χ1v) is 9.76. The molecular weight excluding hydrogens is 384 g/mol. The predicted octanol–water partition coefficient (Wildman–Crippen LogP) is 2.98. The summed E-state index contributed by atoms with van der Waals surface area (Å²) >= 11 is 0. The van der Waals surface area contributed by atoms with Crippen LogP contribution in [0.25, 0.3) is 11.1 Å². The van der Waals surface area contributed by atoms with E-state index in [1.54, 1.807) is 0 Å². The third kappa shape index (κ3) is 4.30. The Bertz CT molecular complexity index is 924. The van der Waals surface area contributed by atoms with Crippen LogP contribution in [0.1, 0.15) is 37.8 Å². The van der Waals surface area contributed by atoms with Crippen molar-refractivity contribution >= 4 is 18.0 Å². The van der Waals surface area contributed by atoms with E-state index in [-0.39, 0.29) is 12.5 Å². The second-order valence-corrected chi connectivity index (χ2v) is 7.79. The number of fused-ring (bicyclic) bond motifs is 3. The van der Waals surface area contributed by atoms with Gasteiger partial charge in [0.2, 0.25) is 5.91 Å². The molecule has 0 aliphatic heterocycles. The SMILES string of the molecule is COC(=O)[C@H](C)NC(=O)C(C)(C)NC(=O)OCC1c2ccccc2-c2ccccc21. The molecule has 0 radical (unpaired) electrons. The standard InChI is InChI=1S/C23H26N2O5/c1-14(20(26)29-4)24-21(27)23(2,3)25-22(28)30-13-19-17-11-7-5-9-15(17)16-10-6-8-12-18(16)19/h5-12,14,19H,13H2,1-4H3,(H,24,27)(H,25,28)/t14-/m0/s1. The van der Waals surface area contributed by atoms with E-state index in [9.17, 15) is 14.4 Å². The fourth-order valence-corrected chi connectivity index (χ4v) is 3.56. The van der Waals surface area contributed by atoms with E-state index in [1.165, 1.54) is 27.9 Å². The van der Waals surface area contributed by atoms with E-state index >= 15 is 0 Å². The lowest BCUT2D eigenvalue weighted by Crippen LogP contribution is -2.57. The summed E-state index contributed by atoms with van der Waals surface area (Å²) in [4.78, 5) is 36.3. The average molecular weight is 410 g/mol. The molecule has 2 amide bonds. The highest BCUT2D eigenvalue weighted by atomic mass is 16.5. The molecule has 7 nitrogen and oxygen atoms in total. The molecular formula is C23H26N2O5. The molecule has 30 heavy (non-hydrogen) atoms. The Morgan fingerprint density at radius 3 is 2.07 bits per heavy atom. The van der Waals surface area contributed by atoms with Crippen molar-refractivity contribution in [2.45, 2.75) is 38.3 Å². The third-order valence-electron chi connectivity index (χ3n) is 5.23. The van der Waals surface area contributed by atoms with Gasteiger partial charge in [0.1, 0.15) is 18.2 Å². The lowest BCUT2D eigenvalue weighted by Gasteiger charge is -2.26. The zero-order valence-corrected chi connectivity index (χ0v) is 17.5. The minimum atomic E-state index is -1.27. The van der Waals surface area contributed by atoms with Gasteiger partial charge in [-0.05, 0) is 43.0 Å². The fourth-order valence-electron chi connectivity index (χ4n) is 3.56. The Morgan fingerprint density at radius 2 is 1.53 bits per heavy atom. The van der Waals surface area contributed by atoms with Gasteiger partial charge >= 0.3 is 12.1 Å². The number of alkyl carbamates (subject to hydrolysis) is 1. The maximum atomic E-state index is 12.4. The molecule has 0 bridgehead atoms. The molecule has 0 unspecified atom stereocenters. The molecule has 3 rings (SSSR count). The van der Waals surface area contributed by atoms with Gasteiger partial charge in [-0.1, -0.05) is 48.5 Å². The smallest absolute Gasteiger partial charge is 0.408 e. The molecule has 2 aromatic rings. The molecule has 1 atom stereocenters. The van der Waals surface area contributed by atoms with E-state index < -0.39 is 29.6 Å². The number of ether oxygens (including phenoxy) is 2. The van der Waals surface area contributed by atoms with Gasteiger partial charge in [-0.15, -0.1) is 0 Å². The van der Waals surface area contributed by atoms with Crippen molar-refractivity contribution in [3.63, 3.8) is 0 Å². The Kier molecular flexibility index (Phi) is 6.10. The van der Waals surface area contributed by atoms with Crippen LogP contribution >= 0.6 is 0 Å². The topological polar surface area (TPSA) is 93.7 Å². The minimum Gasteiger partial charge on any atom is -0.467 e. The summed E-state index contributed by atoms with van der Waals surface area (Å²) in [6.45, 7) is 4.73. The molecule has 0 heterocycles. The molecule has 0 saturated carbocycles. The summed E-state index contributed by atoms with van der Waals surface area (Å²) in [6.07, 6.45) is -0.706. The van der Waals surface area contributed by atoms with E-state index in [4.69, 9.17) is 4.74 Å². The normalized spacial score (nSPS) is 13.6. The second-order valence-electron chi connectivity index (χ2n) is 7.79. The van der Waals surface area contributed by atoms with Gasteiger partial charge in [0.05, 0.1) is 7.11 Å². The summed E-state index contributed by atoms with van der Waals surface area (Å²) in [5.41, 5.74) is 3.22. The first-order valence-electron chi connectivity index (χ1n) is 9.76. The number of methoxy groups -OCH3 is 1. The maximum Gasteiger partial charge on any atom is 0.408 e. The van der Waals surface area contributed by atoms with Crippen molar-refractivity contribution in [3.05, 3.63) is 59.7 Å². The fraction of sp³-hybridized carbons (Fsp3) is 0.348. The van der Waals surface area contributed by atoms with Crippen LogP contribution in [0.4, 0.5) is 4.79 Å². The molecule has 0 saturated heterocycles. The zero-order chi connectivity index (χ0) is 21.9. The zero-order valence-electron chi connectivity index (χ0n) is 17.5. The van der Waals surface area contributed by atoms with Gasteiger partial charge in [-0.2, -0.15) is 0 Å². The van der Waals surface area contributed by atoms with Crippen molar-refractivity contribution in [1.29, 1.82) is 0 Å². The Morgan fingerprint density at radius 1 is 1.00 bits per heavy atom. The van der Waals surface area contributed by atoms with Crippen LogP contribution in [0, 0.1) is 0 Å². The quantitative estimate of drug-likeness (QED) is 0.714. The highest BCUT2D eigenvalue weighted by Crippen LogP contribution is 2.44. The Balaban J connectivity index is 1.63. The highest BCUT2D eigenvalue weighted by molar-refractivity contribution is 5.92. The van der Waals surface area contributed by atoms with E-state index in [2.05, 4.69) is 27.5 Å². The highest BCUT2D eigenvalue weighted by Gasteiger charge is 2.34. The molecule has 0 spiro atoms. The number of amides is 2. The molecule has 158 valence electrons. The molecule has 2 N–H and O–H groups in total. The van der Waals surface area contributed by atoms with Crippen LogP contribution in [-0.2, 0) is 19.1 Å². The first kappa shape index (κ1) is 21.4. The number of hydrogen-bond acceptors (Lipinski definition) is 5. The average Bonchev–Trinajstić information content (AvgIpc) is 3.05. The maximum absolute atomic E-state index is 12.4. The van der Waals surface area contributed by atoms with Crippen molar-refractivity contribution < 1.29 is 23.9 Å². The molecule has 1 aliphatic carbocycles. The number of hydrogen-bond donors (Lipinski definition) is 2. The second kappa shape index (κ2) is 8.57. The minimum absolute atomic E-state index is 0.0700. The van der Waals surface area contributed by atoms with Gasteiger partial charge in [0.25, 0.3) is 0 Å². The molecule has 7 heteroatoms. The lowest BCUT2D eigenvalue weighted by atomic mass is 9.98. The Hall–Kier alpha value is -3.35. The van der Waals surface area contributed by atoms with Crippen LogP contribution in [0.2, 0.25) is 0 Å². The summed E-state index contributed by atoms with van der Waals surface area (Å²) in [5.74, 6) is -1.16. The van der Waals surface area contributed by atoms with Gasteiger partial charge in [0, 0.05) is 5.92 Å². The third-order valence-corrected chi connectivity index (χ3v) is 5.23. The van der Waals surface area contributed by atoms with E-state index in [0.717, 1.165) is 22.3 Å². The van der Waals surface area contributed by atoms with Crippen molar-refractivity contribution in [2.75, 3.05) is 13.7 Å². The van der Waals surface area contributed by atoms with E-state index in [0.29, 0.717) is 0 Å². The van der Waals surface area contributed by atoms with E-state index in [1.807, 2.05) is 36.4 Å². The summed E-state index contributed by atoms with van der Waals surface area (Å²) in [5, 5.41) is 5.08. The molecule has 2 aromatic carbocycles. The van der Waals surface area contributed by atoms with Crippen molar-refractivity contribution in [1.82, 2.24) is 10.6 Å². The van der Waals surface area contributed by atoms with Gasteiger partial charge in [-0.25, -0.2) is 9.59 Å². The monoisotopic (exact) mass is 410 g/mol. The number of benzene rings is 2. The summed E-state index contributed by atoms with van der Waals surface area (Å²) in [7, 11) is 1.24. The molecule has 0 fully saturated rings. The van der Waals surface area contributed by atoms with Gasteiger partial charge < -0.3 is 20.1 Å². The number of rotatable bonds is 6.